The van der Waals surface area contributed by atoms with Crippen molar-refractivity contribution in [3.8, 4) is 5.75 Å². The van der Waals surface area contributed by atoms with Gasteiger partial charge in [0.05, 0.1) is 18.6 Å². The molecule has 0 aromatic heterocycles. The summed E-state index contributed by atoms with van der Waals surface area (Å²) in [6.45, 7) is 2.39. The number of rotatable bonds is 12. The minimum absolute atomic E-state index is 0.0364. The van der Waals surface area contributed by atoms with Crippen molar-refractivity contribution in [3.63, 3.8) is 0 Å². The Bertz CT molecular complexity index is 873. The maximum absolute atomic E-state index is 12.9. The Morgan fingerprint density at radius 1 is 0.909 bits per heavy atom. The number of carbonyl (C=O) groups is 5. The maximum atomic E-state index is 12.9. The molecule has 0 saturated carbocycles. The summed E-state index contributed by atoms with van der Waals surface area (Å²) in [5, 5.41) is 43.8. The SMILES string of the molecule is CC(NC(=O)C(NC(=O)C(Cc1ccc(O)cc1)NC(=O)C(N)CC(=O)O)C(C)O)C(=O)O. The Hall–Kier alpha value is -3.71. The fourth-order valence-electron chi connectivity index (χ4n) is 2.66. The van der Waals surface area contributed by atoms with Gasteiger partial charge < -0.3 is 42.1 Å². The first-order chi connectivity index (χ1) is 15.3. The van der Waals surface area contributed by atoms with Gasteiger partial charge in [0.1, 0.15) is 23.9 Å². The lowest BCUT2D eigenvalue weighted by atomic mass is 10.0. The lowest BCUT2D eigenvalue weighted by molar-refractivity contribution is -0.142. The smallest absolute Gasteiger partial charge is 0.325 e. The molecular formula is C20H28N4O9. The number of carboxylic acid groups (broad SMARTS) is 2. The number of amides is 3. The highest BCUT2D eigenvalue weighted by atomic mass is 16.4. The molecule has 3 amide bonds. The molecule has 13 nitrogen and oxygen atoms in total. The van der Waals surface area contributed by atoms with Crippen LogP contribution in [0.2, 0.25) is 0 Å². The molecule has 0 heterocycles. The van der Waals surface area contributed by atoms with Crippen molar-refractivity contribution in [2.24, 2.45) is 5.73 Å². The van der Waals surface area contributed by atoms with E-state index in [1.807, 2.05) is 0 Å². The number of carboxylic acids is 2. The standard InChI is InChI=1S/C20H28N4O9/c1-9(20(32)33)22-19(31)16(10(2)25)24-18(30)14(7-11-3-5-12(26)6-4-11)23-17(29)13(21)8-15(27)28/h3-6,9-10,13-14,16,25-26H,7-8,21H2,1-2H3,(H,22,31)(H,23,29)(H,24,30)(H,27,28)(H,32,33). The van der Waals surface area contributed by atoms with Gasteiger partial charge in [0.2, 0.25) is 17.7 Å². The zero-order valence-corrected chi connectivity index (χ0v) is 18.0. The first kappa shape index (κ1) is 27.3. The van der Waals surface area contributed by atoms with Gasteiger partial charge >= 0.3 is 11.9 Å². The number of benzene rings is 1. The quantitative estimate of drug-likeness (QED) is 0.163. The second-order valence-corrected chi connectivity index (χ2v) is 7.43. The summed E-state index contributed by atoms with van der Waals surface area (Å²) in [5.41, 5.74) is 6.04. The molecule has 1 rings (SSSR count). The number of aliphatic carboxylic acids is 2. The number of phenolic OH excluding ortho intramolecular Hbond substituents is 1. The molecule has 0 aliphatic carbocycles. The Balaban J connectivity index is 3.07. The van der Waals surface area contributed by atoms with E-state index in [-0.39, 0.29) is 12.2 Å². The van der Waals surface area contributed by atoms with E-state index >= 15 is 0 Å². The molecule has 1 aromatic carbocycles. The third-order valence-corrected chi connectivity index (χ3v) is 4.53. The molecule has 33 heavy (non-hydrogen) atoms. The van der Waals surface area contributed by atoms with E-state index in [0.717, 1.165) is 0 Å². The summed E-state index contributed by atoms with van der Waals surface area (Å²) in [6.07, 6.45) is -2.24. The van der Waals surface area contributed by atoms with Crippen LogP contribution >= 0.6 is 0 Å². The van der Waals surface area contributed by atoms with Gasteiger partial charge in [0.25, 0.3) is 0 Å². The van der Waals surface area contributed by atoms with E-state index in [9.17, 15) is 34.2 Å². The molecule has 0 aliphatic rings. The van der Waals surface area contributed by atoms with Gasteiger partial charge in [-0.1, -0.05) is 12.1 Å². The van der Waals surface area contributed by atoms with Crippen LogP contribution in [0.25, 0.3) is 0 Å². The Morgan fingerprint density at radius 2 is 1.48 bits per heavy atom. The number of nitrogens with two attached hydrogens (primary N) is 1. The topological polar surface area (TPSA) is 228 Å². The number of nitrogens with one attached hydrogen (secondary N) is 3. The summed E-state index contributed by atoms with van der Waals surface area (Å²) in [4.78, 5) is 59.3. The minimum atomic E-state index is -1.55. The van der Waals surface area contributed by atoms with Crippen molar-refractivity contribution < 1.29 is 44.4 Å². The molecule has 0 saturated heterocycles. The Morgan fingerprint density at radius 3 is 1.97 bits per heavy atom. The van der Waals surface area contributed by atoms with Crippen LogP contribution in [0.15, 0.2) is 24.3 Å². The molecule has 0 aliphatic heterocycles. The van der Waals surface area contributed by atoms with Crippen molar-refractivity contribution >= 4 is 29.7 Å². The number of aliphatic hydroxyl groups is 1. The van der Waals surface area contributed by atoms with Crippen molar-refractivity contribution in [2.45, 2.75) is 57.0 Å². The van der Waals surface area contributed by atoms with Gasteiger partial charge in [-0.3, -0.25) is 24.0 Å². The Labute approximate surface area is 189 Å². The largest absolute Gasteiger partial charge is 0.508 e. The second kappa shape index (κ2) is 12.4. The van der Waals surface area contributed by atoms with E-state index in [4.69, 9.17) is 15.9 Å². The van der Waals surface area contributed by atoms with Crippen molar-refractivity contribution in [2.75, 3.05) is 0 Å². The molecule has 1 aromatic rings. The molecule has 13 heteroatoms. The van der Waals surface area contributed by atoms with Crippen LogP contribution in [0.4, 0.5) is 0 Å². The predicted octanol–water partition coefficient (Wildman–Crippen LogP) is -2.32. The van der Waals surface area contributed by atoms with Gasteiger partial charge in [0.15, 0.2) is 0 Å². The van der Waals surface area contributed by atoms with Gasteiger partial charge in [-0.25, -0.2) is 0 Å². The van der Waals surface area contributed by atoms with Gasteiger partial charge in [-0.05, 0) is 31.5 Å². The minimum Gasteiger partial charge on any atom is -0.508 e. The molecule has 5 unspecified atom stereocenters. The summed E-state index contributed by atoms with van der Waals surface area (Å²) in [5.74, 6) is -5.51. The summed E-state index contributed by atoms with van der Waals surface area (Å²) in [6, 6.07) is 0.0168. The van der Waals surface area contributed by atoms with Crippen LogP contribution in [-0.2, 0) is 30.4 Å². The van der Waals surface area contributed by atoms with Crippen molar-refractivity contribution in [3.05, 3.63) is 29.8 Å². The molecule has 182 valence electrons. The van der Waals surface area contributed by atoms with Crippen LogP contribution < -0.4 is 21.7 Å². The zero-order chi connectivity index (χ0) is 25.3. The fraction of sp³-hybridized carbons (Fsp3) is 0.450. The molecular weight excluding hydrogens is 440 g/mol. The fourth-order valence-corrected chi connectivity index (χ4v) is 2.66. The molecule has 0 fully saturated rings. The van der Waals surface area contributed by atoms with Gasteiger partial charge in [0, 0.05) is 6.42 Å². The highest BCUT2D eigenvalue weighted by Crippen LogP contribution is 2.12. The highest BCUT2D eigenvalue weighted by Gasteiger charge is 2.32. The number of hydrogen-bond acceptors (Lipinski definition) is 8. The van der Waals surface area contributed by atoms with Gasteiger partial charge in [-0.15, -0.1) is 0 Å². The lowest BCUT2D eigenvalue weighted by Crippen LogP contribution is -2.60. The van der Waals surface area contributed by atoms with Crippen LogP contribution in [0.5, 0.6) is 5.75 Å². The lowest BCUT2D eigenvalue weighted by Gasteiger charge is -2.26. The van der Waals surface area contributed by atoms with E-state index in [2.05, 4.69) is 16.0 Å². The Kier molecular flexibility index (Phi) is 10.2. The number of phenols is 1. The van der Waals surface area contributed by atoms with E-state index in [0.29, 0.717) is 5.56 Å². The average molecular weight is 468 g/mol. The number of aromatic hydroxyl groups is 1. The number of hydrogen-bond donors (Lipinski definition) is 8. The highest BCUT2D eigenvalue weighted by molar-refractivity contribution is 5.95. The van der Waals surface area contributed by atoms with E-state index < -0.39 is 66.4 Å². The summed E-state index contributed by atoms with van der Waals surface area (Å²) in [7, 11) is 0. The van der Waals surface area contributed by atoms with Crippen molar-refractivity contribution in [1.82, 2.24) is 16.0 Å². The molecule has 9 N–H and O–H groups in total. The third kappa shape index (κ3) is 9.13. The summed E-state index contributed by atoms with van der Waals surface area (Å²) >= 11 is 0. The molecule has 0 bridgehead atoms. The number of carbonyl (C=O) groups excluding carboxylic acids is 3. The average Bonchev–Trinajstić information content (AvgIpc) is 2.71. The molecule has 0 radical (unpaired) electrons. The number of aliphatic hydroxyl groups excluding tert-OH is 1. The second-order valence-electron chi connectivity index (χ2n) is 7.43. The first-order valence-corrected chi connectivity index (χ1v) is 9.89. The van der Waals surface area contributed by atoms with Crippen LogP contribution in [0, 0.1) is 0 Å². The molecule has 0 spiro atoms. The monoisotopic (exact) mass is 468 g/mol. The normalized spacial score (nSPS) is 15.3. The predicted molar refractivity (Wildman–Crippen MR) is 113 cm³/mol. The third-order valence-electron chi connectivity index (χ3n) is 4.53. The van der Waals surface area contributed by atoms with Crippen LogP contribution in [0.3, 0.4) is 0 Å². The molecule has 5 atom stereocenters. The van der Waals surface area contributed by atoms with Crippen molar-refractivity contribution in [1.29, 1.82) is 0 Å². The van der Waals surface area contributed by atoms with Gasteiger partial charge in [-0.2, -0.15) is 0 Å². The maximum Gasteiger partial charge on any atom is 0.325 e. The van der Waals surface area contributed by atoms with Crippen LogP contribution in [0.1, 0.15) is 25.8 Å². The van der Waals surface area contributed by atoms with E-state index in [1.165, 1.54) is 38.1 Å². The first-order valence-electron chi connectivity index (χ1n) is 9.89. The van der Waals surface area contributed by atoms with Crippen LogP contribution in [-0.4, -0.2) is 80.4 Å². The zero-order valence-electron chi connectivity index (χ0n) is 18.0. The van der Waals surface area contributed by atoms with E-state index in [1.54, 1.807) is 0 Å². The summed E-state index contributed by atoms with van der Waals surface area (Å²) < 4.78 is 0.